The van der Waals surface area contributed by atoms with Gasteiger partial charge in [-0.05, 0) is 75.9 Å². The van der Waals surface area contributed by atoms with E-state index in [-0.39, 0.29) is 0 Å². The van der Waals surface area contributed by atoms with E-state index in [2.05, 4.69) is 40.3 Å². The van der Waals surface area contributed by atoms with Gasteiger partial charge in [-0.2, -0.15) is 0 Å². The van der Waals surface area contributed by atoms with Crippen molar-refractivity contribution in [1.82, 2.24) is 0 Å². The van der Waals surface area contributed by atoms with E-state index in [1.807, 2.05) is 48.5 Å². The van der Waals surface area contributed by atoms with Crippen molar-refractivity contribution >= 4 is 33.2 Å². The molecule has 0 atom stereocenters. The van der Waals surface area contributed by atoms with Crippen molar-refractivity contribution in [3.63, 3.8) is 0 Å². The maximum Gasteiger partial charge on any atom is 0.175 e. The van der Waals surface area contributed by atoms with Crippen molar-refractivity contribution in [2.24, 2.45) is 0 Å². The minimum Gasteiger partial charge on any atom is -0.493 e. The first-order valence-electron chi connectivity index (χ1n) is 8.60. The quantitative estimate of drug-likeness (QED) is 0.443. The fourth-order valence-electron chi connectivity index (χ4n) is 2.71. The van der Waals surface area contributed by atoms with E-state index in [0.717, 1.165) is 26.3 Å². The molecule has 0 heterocycles. The molecule has 0 spiro atoms. The summed E-state index contributed by atoms with van der Waals surface area (Å²) in [6.07, 6.45) is 0. The van der Waals surface area contributed by atoms with E-state index in [0.29, 0.717) is 24.7 Å². The zero-order chi connectivity index (χ0) is 19.2. The fraction of sp³-hybridized carbons (Fsp3) is 0.182. The molecule has 0 saturated carbocycles. The molecule has 0 bridgehead atoms. The van der Waals surface area contributed by atoms with E-state index in [1.165, 1.54) is 5.56 Å². The van der Waals surface area contributed by atoms with Crippen molar-refractivity contribution in [1.29, 1.82) is 0 Å². The van der Waals surface area contributed by atoms with Crippen LogP contribution in [0.3, 0.4) is 0 Å². The average molecular weight is 447 g/mol. The zero-order valence-electron chi connectivity index (χ0n) is 15.3. The molecule has 140 valence electrons. The largest absolute Gasteiger partial charge is 0.493 e. The van der Waals surface area contributed by atoms with Gasteiger partial charge in [0.1, 0.15) is 6.61 Å². The van der Waals surface area contributed by atoms with E-state index >= 15 is 0 Å². The summed E-state index contributed by atoms with van der Waals surface area (Å²) < 4.78 is 12.5. The Hall–Kier alpha value is -2.17. The van der Waals surface area contributed by atoms with Gasteiger partial charge in [0.15, 0.2) is 11.5 Å². The molecule has 3 aromatic carbocycles. The monoisotopic (exact) mass is 445 g/mol. The molecule has 3 rings (SSSR count). The predicted octanol–water partition coefficient (Wildman–Crippen LogP) is 6.61. The van der Waals surface area contributed by atoms with Crippen LogP contribution in [0.4, 0.5) is 5.69 Å². The third kappa shape index (κ3) is 5.18. The van der Waals surface area contributed by atoms with Gasteiger partial charge in [-0.3, -0.25) is 0 Å². The van der Waals surface area contributed by atoms with E-state index in [4.69, 9.17) is 21.1 Å². The van der Waals surface area contributed by atoms with Crippen LogP contribution < -0.4 is 14.8 Å². The fourth-order valence-corrected chi connectivity index (χ4v) is 3.44. The van der Waals surface area contributed by atoms with Crippen LogP contribution in [-0.2, 0) is 13.2 Å². The van der Waals surface area contributed by atoms with Crippen LogP contribution in [0.15, 0.2) is 65.1 Å². The Balaban J connectivity index is 1.72. The van der Waals surface area contributed by atoms with Crippen LogP contribution in [0, 0.1) is 6.92 Å². The minimum absolute atomic E-state index is 0.490. The number of benzene rings is 3. The molecule has 0 aliphatic heterocycles. The van der Waals surface area contributed by atoms with Crippen LogP contribution in [0.25, 0.3) is 0 Å². The zero-order valence-corrected chi connectivity index (χ0v) is 17.6. The number of anilines is 1. The normalized spacial score (nSPS) is 10.5. The number of rotatable bonds is 7. The summed E-state index contributed by atoms with van der Waals surface area (Å²) in [5, 5.41) is 4.10. The SMILES string of the molecule is COc1cc(CNc2ccc(Cl)cc2)cc(Br)c1OCc1ccccc1C. The highest BCUT2D eigenvalue weighted by Gasteiger charge is 2.12. The lowest BCUT2D eigenvalue weighted by molar-refractivity contribution is 0.282. The van der Waals surface area contributed by atoms with E-state index in [1.54, 1.807) is 7.11 Å². The summed E-state index contributed by atoms with van der Waals surface area (Å²) in [5.74, 6) is 1.40. The maximum absolute atomic E-state index is 6.05. The number of aryl methyl sites for hydroxylation is 1. The second kappa shape index (κ2) is 9.16. The van der Waals surface area contributed by atoms with E-state index < -0.39 is 0 Å². The Morgan fingerprint density at radius 2 is 1.78 bits per heavy atom. The number of hydrogen-bond acceptors (Lipinski definition) is 3. The molecule has 0 aliphatic carbocycles. The van der Waals surface area contributed by atoms with Gasteiger partial charge >= 0.3 is 0 Å². The minimum atomic E-state index is 0.490. The Morgan fingerprint density at radius 3 is 2.48 bits per heavy atom. The Kier molecular flexibility index (Phi) is 6.64. The van der Waals surface area contributed by atoms with Gasteiger partial charge < -0.3 is 14.8 Å². The van der Waals surface area contributed by atoms with Crippen molar-refractivity contribution in [2.75, 3.05) is 12.4 Å². The van der Waals surface area contributed by atoms with Crippen LogP contribution in [0.2, 0.25) is 5.02 Å². The first-order chi connectivity index (χ1) is 13.1. The number of halogens is 2. The molecule has 0 radical (unpaired) electrons. The second-order valence-electron chi connectivity index (χ2n) is 6.18. The summed E-state index contributed by atoms with van der Waals surface area (Å²) in [4.78, 5) is 0. The summed E-state index contributed by atoms with van der Waals surface area (Å²) in [5.41, 5.74) is 4.45. The molecular weight excluding hydrogens is 426 g/mol. The van der Waals surface area contributed by atoms with Gasteiger partial charge in [0.05, 0.1) is 11.6 Å². The van der Waals surface area contributed by atoms with Gasteiger partial charge in [-0.1, -0.05) is 35.9 Å². The smallest absolute Gasteiger partial charge is 0.175 e. The Bertz CT molecular complexity index is 913. The van der Waals surface area contributed by atoms with Crippen molar-refractivity contribution in [3.05, 3.63) is 86.8 Å². The first kappa shape index (κ1) is 19.6. The molecule has 0 fully saturated rings. The molecule has 0 aliphatic rings. The third-order valence-electron chi connectivity index (χ3n) is 4.26. The van der Waals surface area contributed by atoms with Crippen molar-refractivity contribution in [2.45, 2.75) is 20.1 Å². The average Bonchev–Trinajstić information content (AvgIpc) is 2.67. The lowest BCUT2D eigenvalue weighted by Gasteiger charge is -2.16. The third-order valence-corrected chi connectivity index (χ3v) is 5.10. The molecular formula is C22H21BrClNO2. The second-order valence-corrected chi connectivity index (χ2v) is 7.48. The van der Waals surface area contributed by atoms with E-state index in [9.17, 15) is 0 Å². The van der Waals surface area contributed by atoms with Crippen LogP contribution in [0.5, 0.6) is 11.5 Å². The highest BCUT2D eigenvalue weighted by atomic mass is 79.9. The van der Waals surface area contributed by atoms with Gasteiger partial charge in [0, 0.05) is 17.3 Å². The maximum atomic E-state index is 6.05. The number of hydrogen-bond donors (Lipinski definition) is 1. The molecule has 3 aromatic rings. The van der Waals surface area contributed by atoms with Gasteiger partial charge in [0.2, 0.25) is 0 Å². The number of nitrogens with one attached hydrogen (secondary N) is 1. The number of ether oxygens (including phenoxy) is 2. The van der Waals surface area contributed by atoms with Crippen LogP contribution in [-0.4, -0.2) is 7.11 Å². The highest BCUT2D eigenvalue weighted by Crippen LogP contribution is 2.37. The lowest BCUT2D eigenvalue weighted by Crippen LogP contribution is -2.03. The summed E-state index contributed by atoms with van der Waals surface area (Å²) >= 11 is 9.54. The molecule has 0 aromatic heterocycles. The molecule has 5 heteroatoms. The molecule has 1 N–H and O–H groups in total. The summed E-state index contributed by atoms with van der Waals surface area (Å²) in [6, 6.07) is 19.9. The Morgan fingerprint density at radius 1 is 1.04 bits per heavy atom. The molecule has 0 saturated heterocycles. The van der Waals surface area contributed by atoms with Crippen molar-refractivity contribution in [3.8, 4) is 11.5 Å². The summed E-state index contributed by atoms with van der Waals surface area (Å²) in [7, 11) is 1.65. The van der Waals surface area contributed by atoms with Crippen molar-refractivity contribution < 1.29 is 9.47 Å². The Labute approximate surface area is 173 Å². The predicted molar refractivity (Wildman–Crippen MR) is 115 cm³/mol. The van der Waals surface area contributed by atoms with Gasteiger partial charge in [-0.25, -0.2) is 0 Å². The molecule has 0 amide bonds. The van der Waals surface area contributed by atoms with Crippen LogP contribution in [0.1, 0.15) is 16.7 Å². The first-order valence-corrected chi connectivity index (χ1v) is 9.77. The topological polar surface area (TPSA) is 30.5 Å². The number of methoxy groups -OCH3 is 1. The molecule has 3 nitrogen and oxygen atoms in total. The van der Waals surface area contributed by atoms with Crippen LogP contribution >= 0.6 is 27.5 Å². The lowest BCUT2D eigenvalue weighted by atomic mass is 10.1. The highest BCUT2D eigenvalue weighted by molar-refractivity contribution is 9.10. The summed E-state index contributed by atoms with van der Waals surface area (Å²) in [6.45, 7) is 3.23. The molecule has 27 heavy (non-hydrogen) atoms. The molecule has 0 unspecified atom stereocenters. The van der Waals surface area contributed by atoms with Gasteiger partial charge in [0.25, 0.3) is 0 Å². The standard InChI is InChI=1S/C22H21BrClNO2/c1-15-5-3-4-6-17(15)14-27-22-20(23)11-16(12-21(22)26-2)13-25-19-9-7-18(24)8-10-19/h3-12,25H,13-14H2,1-2H3. The van der Waals surface area contributed by atoms with Gasteiger partial charge in [-0.15, -0.1) is 0 Å².